The standard InChI is InChI=1S/C15H24FNO2S/c1-6-17-14(15(3,4)20(5,18)19)10-12-7-8-13(16)9-11(12)2/h7-9,14,17H,6,10H2,1-5H3. The molecular formula is C15H24FNO2S. The van der Waals surface area contributed by atoms with Gasteiger partial charge in [-0.3, -0.25) is 0 Å². The fourth-order valence-corrected chi connectivity index (χ4v) is 2.86. The Bertz CT molecular complexity index is 567. The van der Waals surface area contributed by atoms with Crippen LogP contribution in [-0.2, 0) is 16.3 Å². The molecule has 0 saturated carbocycles. The Morgan fingerprint density at radius 1 is 1.35 bits per heavy atom. The molecule has 0 aliphatic heterocycles. The van der Waals surface area contributed by atoms with Crippen molar-refractivity contribution in [2.45, 2.75) is 44.9 Å². The van der Waals surface area contributed by atoms with E-state index in [1.54, 1.807) is 19.9 Å². The molecule has 5 heteroatoms. The van der Waals surface area contributed by atoms with E-state index in [4.69, 9.17) is 0 Å². The van der Waals surface area contributed by atoms with Gasteiger partial charge in [0.1, 0.15) is 5.82 Å². The number of rotatable bonds is 6. The summed E-state index contributed by atoms with van der Waals surface area (Å²) < 4.78 is 36.3. The Hall–Kier alpha value is -0.940. The first-order valence-electron chi connectivity index (χ1n) is 6.77. The Morgan fingerprint density at radius 2 is 1.95 bits per heavy atom. The number of halogens is 1. The molecule has 1 atom stereocenters. The molecule has 0 aromatic heterocycles. The molecule has 114 valence electrons. The fraction of sp³-hybridized carbons (Fsp3) is 0.600. The van der Waals surface area contributed by atoms with E-state index < -0.39 is 14.6 Å². The molecule has 1 aromatic rings. The smallest absolute Gasteiger partial charge is 0.154 e. The van der Waals surface area contributed by atoms with Crippen molar-refractivity contribution in [3.8, 4) is 0 Å². The van der Waals surface area contributed by atoms with Crippen LogP contribution < -0.4 is 5.32 Å². The molecule has 0 bridgehead atoms. The first-order valence-corrected chi connectivity index (χ1v) is 8.66. The molecule has 3 nitrogen and oxygen atoms in total. The molecule has 1 rings (SSSR count). The zero-order valence-electron chi connectivity index (χ0n) is 12.8. The highest BCUT2D eigenvalue weighted by molar-refractivity contribution is 7.92. The lowest BCUT2D eigenvalue weighted by Gasteiger charge is -2.33. The monoisotopic (exact) mass is 301 g/mol. The van der Waals surface area contributed by atoms with E-state index in [1.165, 1.54) is 18.4 Å². The average molecular weight is 301 g/mol. The predicted octanol–water partition coefficient (Wildman–Crippen LogP) is 2.48. The predicted molar refractivity (Wildman–Crippen MR) is 81.2 cm³/mol. The number of likely N-dealkylation sites (N-methyl/N-ethyl adjacent to an activating group) is 1. The average Bonchev–Trinajstić information content (AvgIpc) is 2.30. The minimum atomic E-state index is -3.20. The molecule has 0 aliphatic rings. The summed E-state index contributed by atoms with van der Waals surface area (Å²) in [5.41, 5.74) is 1.81. The van der Waals surface area contributed by atoms with Crippen LogP contribution in [0.1, 0.15) is 31.9 Å². The number of hydrogen-bond acceptors (Lipinski definition) is 3. The zero-order chi connectivity index (χ0) is 15.6. The maximum absolute atomic E-state index is 13.1. The van der Waals surface area contributed by atoms with Crippen LogP contribution in [0.25, 0.3) is 0 Å². The number of aryl methyl sites for hydroxylation is 1. The van der Waals surface area contributed by atoms with Crippen molar-refractivity contribution in [3.05, 3.63) is 35.1 Å². The van der Waals surface area contributed by atoms with E-state index in [0.29, 0.717) is 13.0 Å². The van der Waals surface area contributed by atoms with Gasteiger partial charge in [-0.05, 0) is 57.0 Å². The van der Waals surface area contributed by atoms with Crippen LogP contribution in [0.4, 0.5) is 4.39 Å². The van der Waals surface area contributed by atoms with Gasteiger partial charge in [0.2, 0.25) is 0 Å². The summed E-state index contributed by atoms with van der Waals surface area (Å²) in [4.78, 5) is 0. The third-order valence-electron chi connectivity index (χ3n) is 3.97. The summed E-state index contributed by atoms with van der Waals surface area (Å²) >= 11 is 0. The molecule has 1 N–H and O–H groups in total. The molecular weight excluding hydrogens is 277 g/mol. The van der Waals surface area contributed by atoms with Crippen molar-refractivity contribution >= 4 is 9.84 Å². The van der Waals surface area contributed by atoms with E-state index >= 15 is 0 Å². The van der Waals surface area contributed by atoms with Crippen molar-refractivity contribution in [1.82, 2.24) is 5.32 Å². The van der Waals surface area contributed by atoms with Crippen molar-refractivity contribution in [2.24, 2.45) is 0 Å². The lowest BCUT2D eigenvalue weighted by atomic mass is 9.93. The maximum Gasteiger partial charge on any atom is 0.154 e. The van der Waals surface area contributed by atoms with Gasteiger partial charge >= 0.3 is 0 Å². The topological polar surface area (TPSA) is 46.2 Å². The van der Waals surface area contributed by atoms with Crippen LogP contribution in [0.5, 0.6) is 0 Å². The minimum Gasteiger partial charge on any atom is -0.312 e. The number of nitrogens with one attached hydrogen (secondary N) is 1. The summed E-state index contributed by atoms with van der Waals surface area (Å²) in [5, 5.41) is 3.25. The van der Waals surface area contributed by atoms with Crippen LogP contribution >= 0.6 is 0 Å². The third kappa shape index (κ3) is 3.79. The van der Waals surface area contributed by atoms with Crippen molar-refractivity contribution in [2.75, 3.05) is 12.8 Å². The summed E-state index contributed by atoms with van der Waals surface area (Å²) in [6.07, 6.45) is 1.81. The van der Waals surface area contributed by atoms with Gasteiger partial charge in [0.05, 0.1) is 4.75 Å². The van der Waals surface area contributed by atoms with E-state index in [9.17, 15) is 12.8 Å². The fourth-order valence-electron chi connectivity index (χ4n) is 2.18. The molecule has 0 radical (unpaired) electrons. The molecule has 1 aromatic carbocycles. The Morgan fingerprint density at radius 3 is 2.40 bits per heavy atom. The molecule has 0 aliphatic carbocycles. The molecule has 0 saturated heterocycles. The van der Waals surface area contributed by atoms with E-state index in [0.717, 1.165) is 11.1 Å². The van der Waals surface area contributed by atoms with Gasteiger partial charge < -0.3 is 5.32 Å². The van der Waals surface area contributed by atoms with Crippen molar-refractivity contribution in [3.63, 3.8) is 0 Å². The second kappa shape index (κ2) is 6.22. The summed E-state index contributed by atoms with van der Waals surface area (Å²) in [6.45, 7) is 7.94. The Balaban J connectivity index is 3.10. The van der Waals surface area contributed by atoms with Gasteiger partial charge in [0, 0.05) is 12.3 Å². The molecule has 1 unspecified atom stereocenters. The summed E-state index contributed by atoms with van der Waals surface area (Å²) in [7, 11) is -3.20. The minimum absolute atomic E-state index is 0.216. The zero-order valence-corrected chi connectivity index (χ0v) is 13.6. The highest BCUT2D eigenvalue weighted by atomic mass is 32.2. The molecule has 0 fully saturated rings. The highest BCUT2D eigenvalue weighted by Crippen LogP contribution is 2.24. The highest BCUT2D eigenvalue weighted by Gasteiger charge is 2.38. The first kappa shape index (κ1) is 17.1. The van der Waals surface area contributed by atoms with E-state index in [1.807, 2.05) is 13.8 Å². The SMILES string of the molecule is CCNC(Cc1ccc(F)cc1C)C(C)(C)S(C)(=O)=O. The van der Waals surface area contributed by atoms with Crippen LogP contribution in [0.3, 0.4) is 0 Å². The van der Waals surface area contributed by atoms with Gasteiger partial charge in [-0.15, -0.1) is 0 Å². The first-order chi connectivity index (χ1) is 9.09. The Kier molecular flexibility index (Phi) is 5.33. The summed E-state index contributed by atoms with van der Waals surface area (Å²) in [5.74, 6) is -0.270. The quantitative estimate of drug-likeness (QED) is 0.878. The second-order valence-electron chi connectivity index (χ2n) is 5.76. The van der Waals surface area contributed by atoms with Gasteiger partial charge in [-0.2, -0.15) is 0 Å². The number of sulfone groups is 1. The normalized spacial score (nSPS) is 14.3. The molecule has 0 amide bonds. The lowest BCUT2D eigenvalue weighted by molar-refractivity contribution is 0.413. The van der Waals surface area contributed by atoms with Crippen molar-refractivity contribution < 1.29 is 12.8 Å². The summed E-state index contributed by atoms with van der Waals surface area (Å²) in [6, 6.07) is 4.41. The van der Waals surface area contributed by atoms with Crippen LogP contribution in [-0.4, -0.2) is 32.0 Å². The van der Waals surface area contributed by atoms with E-state index in [2.05, 4.69) is 5.32 Å². The molecule has 0 spiro atoms. The van der Waals surface area contributed by atoms with Gasteiger partial charge in [0.15, 0.2) is 9.84 Å². The van der Waals surface area contributed by atoms with Gasteiger partial charge in [-0.1, -0.05) is 13.0 Å². The molecule has 20 heavy (non-hydrogen) atoms. The Labute approximate surface area is 121 Å². The maximum atomic E-state index is 13.1. The second-order valence-corrected chi connectivity index (χ2v) is 8.36. The van der Waals surface area contributed by atoms with Gasteiger partial charge in [0.25, 0.3) is 0 Å². The third-order valence-corrected chi connectivity index (χ3v) is 6.17. The van der Waals surface area contributed by atoms with Gasteiger partial charge in [-0.25, -0.2) is 12.8 Å². The van der Waals surface area contributed by atoms with Crippen LogP contribution in [0.2, 0.25) is 0 Å². The largest absolute Gasteiger partial charge is 0.312 e. The number of hydrogen-bond donors (Lipinski definition) is 1. The van der Waals surface area contributed by atoms with E-state index in [-0.39, 0.29) is 11.9 Å². The lowest BCUT2D eigenvalue weighted by Crippen LogP contribution is -2.52. The van der Waals surface area contributed by atoms with Crippen molar-refractivity contribution in [1.29, 1.82) is 0 Å². The van der Waals surface area contributed by atoms with Crippen LogP contribution in [0.15, 0.2) is 18.2 Å². The molecule has 0 heterocycles. The van der Waals surface area contributed by atoms with Crippen LogP contribution in [0, 0.1) is 12.7 Å². The number of benzene rings is 1.